The van der Waals surface area contributed by atoms with Crippen molar-refractivity contribution in [3.05, 3.63) is 44.9 Å². The van der Waals surface area contributed by atoms with Gasteiger partial charge in [0.1, 0.15) is 5.65 Å². The fraction of sp³-hybridized carbons (Fsp3) is 0.429. The van der Waals surface area contributed by atoms with Gasteiger partial charge in [0.25, 0.3) is 0 Å². The number of fused-ring (bicyclic) bond motifs is 1. The number of aliphatic hydroxyl groups is 1. The maximum Gasteiger partial charge on any atom is 0.376 e. The molecule has 0 fully saturated rings. The number of aliphatic hydroxyl groups excluding tert-OH is 1. The van der Waals surface area contributed by atoms with Crippen LogP contribution in [0.4, 0.5) is 11.5 Å². The molecule has 0 amide bonds. The summed E-state index contributed by atoms with van der Waals surface area (Å²) in [5.41, 5.74) is -1.06. The second kappa shape index (κ2) is 6.52. The quantitative estimate of drug-likeness (QED) is 0.617. The fourth-order valence-electron chi connectivity index (χ4n) is 2.17. The van der Waals surface area contributed by atoms with Gasteiger partial charge in [0.05, 0.1) is 17.6 Å². The lowest BCUT2D eigenvalue weighted by Gasteiger charge is -2.22. The van der Waals surface area contributed by atoms with E-state index >= 15 is 0 Å². The molecule has 0 aromatic carbocycles. The zero-order valence-corrected chi connectivity index (χ0v) is 12.4. The van der Waals surface area contributed by atoms with Crippen LogP contribution in [0.2, 0.25) is 0 Å². The van der Waals surface area contributed by atoms with Crippen molar-refractivity contribution < 1.29 is 10.0 Å². The maximum atomic E-state index is 12.3. The summed E-state index contributed by atoms with van der Waals surface area (Å²) in [4.78, 5) is 26.9. The molecule has 8 nitrogen and oxygen atoms in total. The van der Waals surface area contributed by atoms with Gasteiger partial charge in [-0.3, -0.25) is 19.3 Å². The minimum Gasteiger partial charge on any atom is -0.394 e. The molecule has 0 aliphatic carbocycles. The lowest BCUT2D eigenvalue weighted by molar-refractivity contribution is -0.385. The number of pyridine rings is 1. The molecule has 2 aromatic rings. The second-order valence-corrected chi connectivity index (χ2v) is 5.12. The lowest BCUT2D eigenvalue weighted by Crippen LogP contribution is -2.33. The van der Waals surface area contributed by atoms with E-state index in [0.717, 1.165) is 10.8 Å². The summed E-state index contributed by atoms with van der Waals surface area (Å²) in [5, 5.41) is 23.5. The Labute approximate surface area is 126 Å². The van der Waals surface area contributed by atoms with Gasteiger partial charge in [-0.15, -0.1) is 0 Å². The highest BCUT2D eigenvalue weighted by Gasteiger charge is 2.26. The molecule has 0 spiro atoms. The Morgan fingerprint density at radius 2 is 2.23 bits per heavy atom. The van der Waals surface area contributed by atoms with Crippen LogP contribution in [0, 0.1) is 16.0 Å². The molecule has 0 aliphatic heterocycles. The Morgan fingerprint density at radius 1 is 1.50 bits per heavy atom. The van der Waals surface area contributed by atoms with E-state index in [-0.39, 0.29) is 18.3 Å². The Kier molecular flexibility index (Phi) is 4.71. The van der Waals surface area contributed by atoms with Gasteiger partial charge in [-0.25, -0.2) is 4.98 Å². The number of anilines is 1. The predicted molar refractivity (Wildman–Crippen MR) is 82.1 cm³/mol. The number of aromatic nitrogens is 2. The van der Waals surface area contributed by atoms with Crippen LogP contribution in [0.5, 0.6) is 0 Å². The fourth-order valence-corrected chi connectivity index (χ4v) is 2.17. The Balaban J connectivity index is 2.59. The highest BCUT2D eigenvalue weighted by molar-refractivity contribution is 5.60. The van der Waals surface area contributed by atoms with Crippen molar-refractivity contribution >= 4 is 17.2 Å². The number of nitro groups is 1. The molecule has 2 N–H and O–H groups in total. The van der Waals surface area contributed by atoms with Crippen molar-refractivity contribution in [2.45, 2.75) is 26.3 Å². The molecule has 22 heavy (non-hydrogen) atoms. The van der Waals surface area contributed by atoms with Crippen molar-refractivity contribution in [1.29, 1.82) is 0 Å². The largest absolute Gasteiger partial charge is 0.394 e. The molecule has 2 rings (SSSR count). The van der Waals surface area contributed by atoms with Crippen LogP contribution in [0.15, 0.2) is 29.2 Å². The smallest absolute Gasteiger partial charge is 0.376 e. The van der Waals surface area contributed by atoms with Gasteiger partial charge in [0.2, 0.25) is 5.82 Å². The first-order chi connectivity index (χ1) is 10.5. The van der Waals surface area contributed by atoms with Crippen molar-refractivity contribution in [2.75, 3.05) is 11.9 Å². The van der Waals surface area contributed by atoms with Crippen LogP contribution in [0.3, 0.4) is 0 Å². The van der Waals surface area contributed by atoms with Crippen LogP contribution in [0.25, 0.3) is 5.65 Å². The first-order valence-electron chi connectivity index (χ1n) is 7.02. The van der Waals surface area contributed by atoms with Gasteiger partial charge < -0.3 is 10.4 Å². The normalized spacial score (nSPS) is 13.8. The van der Waals surface area contributed by atoms with Crippen molar-refractivity contribution in [2.24, 2.45) is 5.92 Å². The van der Waals surface area contributed by atoms with Crippen LogP contribution in [0.1, 0.15) is 20.3 Å². The first kappa shape index (κ1) is 15.9. The van der Waals surface area contributed by atoms with Crippen molar-refractivity contribution in [1.82, 2.24) is 9.38 Å². The van der Waals surface area contributed by atoms with E-state index in [1.807, 2.05) is 13.8 Å². The van der Waals surface area contributed by atoms with E-state index in [2.05, 4.69) is 10.3 Å². The number of rotatable bonds is 6. The molecule has 0 saturated heterocycles. The number of hydrogen-bond donors (Lipinski definition) is 2. The lowest BCUT2D eigenvalue weighted by atomic mass is 10.00. The third kappa shape index (κ3) is 2.91. The van der Waals surface area contributed by atoms with Crippen molar-refractivity contribution in [3.8, 4) is 0 Å². The van der Waals surface area contributed by atoms with E-state index in [1.165, 1.54) is 6.20 Å². The van der Waals surface area contributed by atoms with Gasteiger partial charge in [0, 0.05) is 6.20 Å². The molecule has 0 unspecified atom stereocenters. The molecule has 2 atom stereocenters. The van der Waals surface area contributed by atoms with Crippen molar-refractivity contribution in [3.63, 3.8) is 0 Å². The first-order valence-corrected chi connectivity index (χ1v) is 7.02. The van der Waals surface area contributed by atoms with Crippen LogP contribution in [-0.4, -0.2) is 32.1 Å². The molecule has 0 saturated carbocycles. The molecule has 2 aromatic heterocycles. The summed E-state index contributed by atoms with van der Waals surface area (Å²) in [7, 11) is 0. The molecule has 0 radical (unpaired) electrons. The van der Waals surface area contributed by atoms with Crippen LogP contribution in [-0.2, 0) is 0 Å². The monoisotopic (exact) mass is 306 g/mol. The molecule has 2 heterocycles. The van der Waals surface area contributed by atoms with Crippen LogP contribution >= 0.6 is 0 Å². The Hall–Kier alpha value is -2.48. The van der Waals surface area contributed by atoms with E-state index in [1.54, 1.807) is 18.2 Å². The average molecular weight is 306 g/mol. The van der Waals surface area contributed by atoms with E-state index in [9.17, 15) is 20.0 Å². The Morgan fingerprint density at radius 3 is 2.82 bits per heavy atom. The maximum absolute atomic E-state index is 12.3. The second-order valence-electron chi connectivity index (χ2n) is 5.12. The zero-order chi connectivity index (χ0) is 16.3. The van der Waals surface area contributed by atoms with E-state index in [0.29, 0.717) is 5.65 Å². The summed E-state index contributed by atoms with van der Waals surface area (Å²) in [5.74, 6) is -0.0406. The summed E-state index contributed by atoms with van der Waals surface area (Å²) >= 11 is 0. The Bertz CT molecular complexity index is 743. The zero-order valence-electron chi connectivity index (χ0n) is 12.4. The number of nitrogens with one attached hydrogen (secondary N) is 1. The molecule has 0 aliphatic rings. The standard InChI is InChI=1S/C14H18N4O4/c1-3-9(2)10(8-19)15-13-12(18(21)22)14(20)17-7-5-4-6-11(17)16-13/h4-7,9-10,15,19H,3,8H2,1-2H3/t9-,10-/m0/s1. The van der Waals surface area contributed by atoms with Crippen LogP contribution < -0.4 is 10.9 Å². The summed E-state index contributed by atoms with van der Waals surface area (Å²) in [6, 6.07) is 4.47. The molecular weight excluding hydrogens is 288 g/mol. The van der Waals surface area contributed by atoms with Gasteiger partial charge in [-0.1, -0.05) is 26.3 Å². The summed E-state index contributed by atoms with van der Waals surface area (Å²) in [6.07, 6.45) is 2.21. The summed E-state index contributed by atoms with van der Waals surface area (Å²) in [6.45, 7) is 3.65. The number of hydrogen-bond acceptors (Lipinski definition) is 6. The van der Waals surface area contributed by atoms with E-state index < -0.39 is 22.2 Å². The topological polar surface area (TPSA) is 110 Å². The molecule has 0 bridgehead atoms. The minimum atomic E-state index is -0.751. The SMILES string of the molecule is CC[C@H](C)[C@H](CO)Nc1nc2ccccn2c(=O)c1[N+](=O)[O-]. The average Bonchev–Trinajstić information content (AvgIpc) is 2.51. The molecule has 8 heteroatoms. The third-order valence-electron chi connectivity index (χ3n) is 3.74. The molecule has 118 valence electrons. The highest BCUT2D eigenvalue weighted by Crippen LogP contribution is 2.21. The van der Waals surface area contributed by atoms with Gasteiger partial charge in [-0.05, 0) is 18.1 Å². The number of nitrogens with zero attached hydrogens (tertiary/aromatic N) is 3. The van der Waals surface area contributed by atoms with Gasteiger partial charge >= 0.3 is 11.2 Å². The minimum absolute atomic E-state index is 0.0700. The highest BCUT2D eigenvalue weighted by atomic mass is 16.6. The predicted octanol–water partition coefficient (Wildman–Crippen LogP) is 1.42. The third-order valence-corrected chi connectivity index (χ3v) is 3.74. The summed E-state index contributed by atoms with van der Waals surface area (Å²) < 4.78 is 1.13. The molecular formula is C14H18N4O4. The van der Waals surface area contributed by atoms with Gasteiger partial charge in [0.15, 0.2) is 0 Å². The van der Waals surface area contributed by atoms with E-state index in [4.69, 9.17) is 0 Å². The van der Waals surface area contributed by atoms with Gasteiger partial charge in [-0.2, -0.15) is 0 Å².